The summed E-state index contributed by atoms with van der Waals surface area (Å²) in [6, 6.07) is 4.06. The number of alkyl halides is 2. The third-order valence-corrected chi connectivity index (χ3v) is 2.34. The van der Waals surface area contributed by atoms with Gasteiger partial charge < -0.3 is 15.3 Å². The average molecular weight is 227 g/mol. The Kier molecular flexibility index (Phi) is 2.51. The Morgan fingerprint density at radius 2 is 2.00 bits per heavy atom. The highest BCUT2D eigenvalue weighted by molar-refractivity contribution is 5.75. The first-order valence-electron chi connectivity index (χ1n) is 4.78. The van der Waals surface area contributed by atoms with Crippen LogP contribution in [0.2, 0.25) is 0 Å². The lowest BCUT2D eigenvalue weighted by molar-refractivity contribution is -0.00113. The number of hydrogen-bond donors (Lipinski definition) is 3. The van der Waals surface area contributed by atoms with Crippen molar-refractivity contribution in [3.8, 4) is 0 Å². The van der Waals surface area contributed by atoms with Gasteiger partial charge in [0.15, 0.2) is 0 Å². The first-order valence-corrected chi connectivity index (χ1v) is 4.78. The zero-order valence-corrected chi connectivity index (χ0v) is 8.60. The van der Waals surface area contributed by atoms with Crippen LogP contribution in [0, 0.1) is 0 Å². The van der Waals surface area contributed by atoms with Gasteiger partial charge in [0, 0.05) is 5.56 Å². The molecule has 0 fully saturated rings. The molecule has 1 aromatic carbocycles. The first kappa shape index (κ1) is 10.8. The van der Waals surface area contributed by atoms with Crippen LogP contribution in [0.4, 0.5) is 8.78 Å². The highest BCUT2D eigenvalue weighted by atomic mass is 19.3. The molecule has 0 aliphatic carbocycles. The van der Waals surface area contributed by atoms with Crippen molar-refractivity contribution in [2.24, 2.45) is 0 Å². The van der Waals surface area contributed by atoms with Gasteiger partial charge in [0.1, 0.15) is 0 Å². The molecule has 16 heavy (non-hydrogen) atoms. The number of likely N-dealkylation sites (N-methyl/N-ethyl adjacent to an activating group) is 1. The Bertz CT molecular complexity index is 558. The lowest BCUT2D eigenvalue weighted by atomic mass is 10.1. The molecule has 0 aliphatic heterocycles. The van der Waals surface area contributed by atoms with E-state index in [1.165, 1.54) is 25.2 Å². The Balaban J connectivity index is 2.49. The molecule has 0 atom stereocenters. The predicted molar refractivity (Wildman–Crippen MR) is 56.7 cm³/mol. The highest BCUT2D eigenvalue weighted by Crippen LogP contribution is 2.28. The third kappa shape index (κ3) is 1.83. The van der Waals surface area contributed by atoms with E-state index in [9.17, 15) is 13.6 Å². The SMILES string of the molecule is CNCC(F)(F)c1ccc2[nH]c(=O)[nH]c2c1. The maximum atomic E-state index is 13.5. The van der Waals surface area contributed by atoms with Crippen LogP contribution in [0.5, 0.6) is 0 Å². The van der Waals surface area contributed by atoms with Crippen LogP contribution in [0.25, 0.3) is 11.0 Å². The number of aromatic amines is 2. The van der Waals surface area contributed by atoms with Crippen LogP contribution >= 0.6 is 0 Å². The molecular weight excluding hydrogens is 216 g/mol. The molecule has 4 nitrogen and oxygen atoms in total. The lowest BCUT2D eigenvalue weighted by Gasteiger charge is -2.15. The zero-order valence-electron chi connectivity index (χ0n) is 8.60. The van der Waals surface area contributed by atoms with Crippen molar-refractivity contribution in [1.29, 1.82) is 0 Å². The van der Waals surface area contributed by atoms with Gasteiger partial charge in [0.2, 0.25) is 0 Å². The van der Waals surface area contributed by atoms with Gasteiger partial charge in [-0.1, -0.05) is 6.07 Å². The van der Waals surface area contributed by atoms with Gasteiger partial charge in [-0.2, -0.15) is 8.78 Å². The van der Waals surface area contributed by atoms with E-state index in [2.05, 4.69) is 15.3 Å². The van der Waals surface area contributed by atoms with Gasteiger partial charge in [-0.05, 0) is 19.2 Å². The Labute approximate surface area is 89.7 Å². The summed E-state index contributed by atoms with van der Waals surface area (Å²) in [4.78, 5) is 15.9. The molecule has 1 heterocycles. The smallest absolute Gasteiger partial charge is 0.314 e. The van der Waals surface area contributed by atoms with Crippen molar-refractivity contribution in [1.82, 2.24) is 15.3 Å². The van der Waals surface area contributed by atoms with Crippen LogP contribution in [0.1, 0.15) is 5.56 Å². The summed E-state index contributed by atoms with van der Waals surface area (Å²) in [5, 5.41) is 2.43. The van der Waals surface area contributed by atoms with Crippen molar-refractivity contribution in [2.45, 2.75) is 5.92 Å². The number of fused-ring (bicyclic) bond motifs is 1. The number of H-pyrrole nitrogens is 2. The summed E-state index contributed by atoms with van der Waals surface area (Å²) in [6.07, 6.45) is 0. The van der Waals surface area contributed by atoms with Crippen LogP contribution < -0.4 is 11.0 Å². The Morgan fingerprint density at radius 3 is 2.69 bits per heavy atom. The number of hydrogen-bond acceptors (Lipinski definition) is 2. The van der Waals surface area contributed by atoms with Crippen molar-refractivity contribution in [3.63, 3.8) is 0 Å². The van der Waals surface area contributed by atoms with E-state index in [0.717, 1.165) is 0 Å². The van der Waals surface area contributed by atoms with Crippen molar-refractivity contribution in [3.05, 3.63) is 34.2 Å². The van der Waals surface area contributed by atoms with Gasteiger partial charge >= 0.3 is 5.69 Å². The second-order valence-corrected chi connectivity index (χ2v) is 3.57. The molecule has 3 N–H and O–H groups in total. The van der Waals surface area contributed by atoms with E-state index < -0.39 is 18.2 Å². The van der Waals surface area contributed by atoms with Crippen molar-refractivity contribution in [2.75, 3.05) is 13.6 Å². The fourth-order valence-corrected chi connectivity index (χ4v) is 1.58. The monoisotopic (exact) mass is 227 g/mol. The molecule has 86 valence electrons. The highest BCUT2D eigenvalue weighted by Gasteiger charge is 2.30. The minimum atomic E-state index is -2.95. The fraction of sp³-hybridized carbons (Fsp3) is 0.300. The summed E-state index contributed by atoms with van der Waals surface area (Å²) in [7, 11) is 1.46. The minimum Gasteiger partial charge on any atom is -0.314 e. The van der Waals surface area contributed by atoms with E-state index in [4.69, 9.17) is 0 Å². The van der Waals surface area contributed by atoms with Gasteiger partial charge in [-0.25, -0.2) is 4.79 Å². The molecule has 0 amide bonds. The summed E-state index contributed by atoms with van der Waals surface area (Å²) in [6.45, 7) is -0.437. The third-order valence-electron chi connectivity index (χ3n) is 2.34. The average Bonchev–Trinajstić information content (AvgIpc) is 2.56. The maximum Gasteiger partial charge on any atom is 0.323 e. The molecule has 0 unspecified atom stereocenters. The Hall–Kier alpha value is -1.69. The van der Waals surface area contributed by atoms with E-state index in [0.29, 0.717) is 11.0 Å². The number of halogens is 2. The molecular formula is C10H11F2N3O. The van der Waals surface area contributed by atoms with Crippen LogP contribution in [0.3, 0.4) is 0 Å². The first-order chi connectivity index (χ1) is 7.53. The lowest BCUT2D eigenvalue weighted by Crippen LogP contribution is -2.27. The summed E-state index contributed by atoms with van der Waals surface area (Å²) >= 11 is 0. The van der Waals surface area contributed by atoms with Gasteiger partial charge in [-0.3, -0.25) is 0 Å². The second-order valence-electron chi connectivity index (χ2n) is 3.57. The number of benzene rings is 1. The van der Waals surface area contributed by atoms with Gasteiger partial charge in [-0.15, -0.1) is 0 Å². The summed E-state index contributed by atoms with van der Waals surface area (Å²) < 4.78 is 27.1. The quantitative estimate of drug-likeness (QED) is 0.737. The van der Waals surface area contributed by atoms with Crippen molar-refractivity contribution >= 4 is 11.0 Å². The number of nitrogens with one attached hydrogen (secondary N) is 3. The van der Waals surface area contributed by atoms with E-state index in [-0.39, 0.29) is 5.56 Å². The molecule has 6 heteroatoms. The molecule has 0 saturated carbocycles. The summed E-state index contributed by atoms with van der Waals surface area (Å²) in [5.41, 5.74) is 0.390. The molecule has 0 bridgehead atoms. The summed E-state index contributed by atoms with van der Waals surface area (Å²) in [5.74, 6) is -2.95. The predicted octanol–water partition coefficient (Wildman–Crippen LogP) is 1.17. The number of aromatic nitrogens is 2. The molecule has 0 saturated heterocycles. The standard InChI is InChI=1S/C10H11F2N3O/c1-13-5-10(11,12)6-2-3-7-8(4-6)15-9(16)14-7/h2-4,13H,5H2,1H3,(H2,14,15,16). The van der Waals surface area contributed by atoms with Crippen LogP contribution in [-0.4, -0.2) is 23.6 Å². The maximum absolute atomic E-state index is 13.5. The van der Waals surface area contributed by atoms with E-state index in [1.807, 2.05) is 0 Å². The largest absolute Gasteiger partial charge is 0.323 e. The normalized spacial score (nSPS) is 12.2. The number of imidazole rings is 1. The van der Waals surface area contributed by atoms with Crippen LogP contribution in [0.15, 0.2) is 23.0 Å². The fourth-order valence-electron chi connectivity index (χ4n) is 1.58. The molecule has 2 rings (SSSR count). The van der Waals surface area contributed by atoms with E-state index >= 15 is 0 Å². The van der Waals surface area contributed by atoms with Gasteiger partial charge in [0.25, 0.3) is 5.92 Å². The number of rotatable bonds is 3. The van der Waals surface area contributed by atoms with Gasteiger partial charge in [0.05, 0.1) is 17.6 Å². The molecule has 0 spiro atoms. The minimum absolute atomic E-state index is 0.121. The topological polar surface area (TPSA) is 60.7 Å². The molecule has 2 aromatic rings. The molecule has 0 radical (unpaired) electrons. The molecule has 0 aliphatic rings. The molecule has 1 aromatic heterocycles. The van der Waals surface area contributed by atoms with E-state index in [1.54, 1.807) is 0 Å². The van der Waals surface area contributed by atoms with Crippen molar-refractivity contribution < 1.29 is 8.78 Å². The second kappa shape index (κ2) is 3.71. The van der Waals surface area contributed by atoms with Crippen LogP contribution in [-0.2, 0) is 5.92 Å². The zero-order chi connectivity index (χ0) is 11.8. The Morgan fingerprint density at radius 1 is 1.31 bits per heavy atom.